The van der Waals surface area contributed by atoms with Gasteiger partial charge in [0.2, 0.25) is 0 Å². The van der Waals surface area contributed by atoms with Crippen LogP contribution in [0.1, 0.15) is 0 Å². The lowest BCUT2D eigenvalue weighted by Gasteiger charge is -2.30. The molecule has 0 saturated carbocycles. The third-order valence-corrected chi connectivity index (χ3v) is 16.9. The van der Waals surface area contributed by atoms with Crippen molar-refractivity contribution in [2.24, 2.45) is 0 Å². The van der Waals surface area contributed by atoms with Gasteiger partial charge in [0.15, 0.2) is 0 Å². The second-order valence-corrected chi connectivity index (χ2v) is 21.7. The summed E-state index contributed by atoms with van der Waals surface area (Å²) in [5.41, 5.74) is 15.4. The minimum Gasteiger partial charge on any atom is -0.311 e. The fraction of sp³-hybridized carbons (Fsp3) is 0. The number of hydrogen-bond donors (Lipinski definition) is 0. The van der Waals surface area contributed by atoms with Gasteiger partial charge in [-0.25, -0.2) is 0 Å². The molecule has 0 bridgehead atoms. The first-order valence-corrected chi connectivity index (χ1v) is 28.8. The molecule has 0 fully saturated rings. The highest BCUT2D eigenvalue weighted by atomic mass is 15.2. The summed E-state index contributed by atoms with van der Waals surface area (Å²) in [7, 11) is 0. The molecular weight excluding hydrogens is 1020 g/mol. The molecule has 16 aromatic carbocycles. The average molecular weight is 1070 g/mol. The summed E-state index contributed by atoms with van der Waals surface area (Å²) in [5, 5.41) is 15.1. The molecule has 84 heavy (non-hydrogen) atoms. The van der Waals surface area contributed by atoms with Gasteiger partial charge in [0.1, 0.15) is 0 Å². The number of para-hydroxylation sites is 4. The van der Waals surface area contributed by atoms with Crippen molar-refractivity contribution < 1.29 is 0 Å². The van der Waals surface area contributed by atoms with Crippen LogP contribution in [0.4, 0.5) is 68.2 Å². The number of anilines is 12. The first kappa shape index (κ1) is 48.7. The highest BCUT2D eigenvalue weighted by Crippen LogP contribution is 2.48. The Labute approximate surface area is 488 Å². The standard InChI is InChI=1S/C80H54N4/c1-5-19-63(20-6-1)81(64-21-7-2-8-22-64)67-43-47-71(48-44-67)83(75-53-37-61-29-27-57-15-13-17-59-35-51-73(75)79(61)77(57)59)69-39-31-55(32-40-69)56-33-41-70(42-34-56)84(76-54-38-62-30-28-58-16-14-18-60-36-52-74(76)80(62)78(58)60)72-49-45-68(46-50-72)82(65-23-9-3-10-24-65)66-25-11-4-12-26-66/h1-54H. The molecule has 0 aliphatic rings. The predicted molar refractivity (Wildman–Crippen MR) is 358 cm³/mol. The maximum absolute atomic E-state index is 2.43. The van der Waals surface area contributed by atoms with Gasteiger partial charge in [-0.2, -0.15) is 0 Å². The molecule has 16 aromatic rings. The van der Waals surface area contributed by atoms with Crippen LogP contribution in [0.5, 0.6) is 0 Å². The molecule has 0 heterocycles. The monoisotopic (exact) mass is 1070 g/mol. The number of rotatable bonds is 13. The topological polar surface area (TPSA) is 13.0 Å². The molecule has 0 radical (unpaired) electrons. The normalized spacial score (nSPS) is 11.6. The summed E-state index contributed by atoms with van der Waals surface area (Å²) < 4.78 is 0. The molecule has 0 aliphatic carbocycles. The Balaban J connectivity index is 0.793. The molecular formula is C80H54N4. The van der Waals surface area contributed by atoms with Crippen LogP contribution in [0, 0.1) is 0 Å². The van der Waals surface area contributed by atoms with E-state index in [1.54, 1.807) is 0 Å². The van der Waals surface area contributed by atoms with Crippen LogP contribution in [0.2, 0.25) is 0 Å². The van der Waals surface area contributed by atoms with Gasteiger partial charge in [0.25, 0.3) is 0 Å². The molecule has 16 rings (SSSR count). The van der Waals surface area contributed by atoms with Crippen molar-refractivity contribution in [3.8, 4) is 11.1 Å². The van der Waals surface area contributed by atoms with Crippen LogP contribution < -0.4 is 19.6 Å². The molecule has 0 aromatic heterocycles. The van der Waals surface area contributed by atoms with E-state index in [1.165, 1.54) is 64.6 Å². The SMILES string of the molecule is c1ccc(N(c2ccccc2)c2ccc(N(c3ccc(-c4ccc(N(c5ccc(N(c6ccccc6)c6ccccc6)cc5)c5ccc6ccc7cccc8ccc5c6c78)cc4)cc3)c3ccc4ccc5cccc6ccc3c4c56)cc2)cc1. The molecule has 0 unspecified atom stereocenters. The highest BCUT2D eigenvalue weighted by Gasteiger charge is 2.23. The van der Waals surface area contributed by atoms with Crippen molar-refractivity contribution in [3.05, 3.63) is 328 Å². The molecule has 4 nitrogen and oxygen atoms in total. The molecule has 394 valence electrons. The summed E-state index contributed by atoms with van der Waals surface area (Å²) in [4.78, 5) is 9.49. The smallest absolute Gasteiger partial charge is 0.0540 e. The lowest BCUT2D eigenvalue weighted by atomic mass is 9.93. The first-order chi connectivity index (χ1) is 41.7. The second-order valence-electron chi connectivity index (χ2n) is 21.7. The van der Waals surface area contributed by atoms with E-state index in [2.05, 4.69) is 347 Å². The minimum atomic E-state index is 1.07. The minimum absolute atomic E-state index is 1.07. The van der Waals surface area contributed by atoms with Crippen molar-refractivity contribution >= 4 is 133 Å². The fourth-order valence-corrected chi connectivity index (χ4v) is 13.0. The van der Waals surface area contributed by atoms with E-state index in [0.29, 0.717) is 0 Å². The quantitative estimate of drug-likeness (QED) is 0.107. The summed E-state index contributed by atoms with van der Waals surface area (Å²) in [5.74, 6) is 0. The summed E-state index contributed by atoms with van der Waals surface area (Å²) in [6.45, 7) is 0. The van der Waals surface area contributed by atoms with Crippen molar-refractivity contribution in [1.82, 2.24) is 0 Å². The van der Waals surface area contributed by atoms with E-state index in [1.807, 2.05) is 0 Å². The number of nitrogens with zero attached hydrogens (tertiary/aromatic N) is 4. The van der Waals surface area contributed by atoms with Gasteiger partial charge >= 0.3 is 0 Å². The van der Waals surface area contributed by atoms with Crippen molar-refractivity contribution in [3.63, 3.8) is 0 Å². The van der Waals surface area contributed by atoms with E-state index >= 15 is 0 Å². The molecule has 0 amide bonds. The van der Waals surface area contributed by atoms with Gasteiger partial charge in [0.05, 0.1) is 11.4 Å². The van der Waals surface area contributed by atoms with Gasteiger partial charge in [-0.15, -0.1) is 0 Å². The van der Waals surface area contributed by atoms with Crippen LogP contribution in [0.15, 0.2) is 328 Å². The summed E-state index contributed by atoms with van der Waals surface area (Å²) >= 11 is 0. The Bertz CT molecular complexity index is 4540. The highest BCUT2D eigenvalue weighted by molar-refractivity contribution is 6.27. The average Bonchev–Trinajstić information content (AvgIpc) is 1.17. The van der Waals surface area contributed by atoms with Gasteiger partial charge in [-0.3, -0.25) is 0 Å². The lowest BCUT2D eigenvalue weighted by molar-refractivity contribution is 1.26. The molecule has 4 heteroatoms. The van der Waals surface area contributed by atoms with Crippen LogP contribution in [0.3, 0.4) is 0 Å². The molecule has 0 spiro atoms. The van der Waals surface area contributed by atoms with Crippen molar-refractivity contribution in [2.45, 2.75) is 0 Å². The van der Waals surface area contributed by atoms with Crippen LogP contribution in [-0.2, 0) is 0 Å². The maximum atomic E-state index is 2.43. The van der Waals surface area contributed by atoms with Gasteiger partial charge in [-0.05, 0) is 198 Å². The van der Waals surface area contributed by atoms with Crippen LogP contribution >= 0.6 is 0 Å². The first-order valence-electron chi connectivity index (χ1n) is 28.8. The van der Waals surface area contributed by atoms with E-state index in [9.17, 15) is 0 Å². The van der Waals surface area contributed by atoms with E-state index in [0.717, 1.165) is 79.4 Å². The second kappa shape index (κ2) is 20.4. The summed E-state index contributed by atoms with van der Waals surface area (Å²) in [6, 6.07) is 119. The maximum Gasteiger partial charge on any atom is 0.0540 e. The van der Waals surface area contributed by atoms with Gasteiger partial charge in [0, 0.05) is 67.6 Å². The third kappa shape index (κ3) is 8.39. The van der Waals surface area contributed by atoms with Crippen LogP contribution in [-0.4, -0.2) is 0 Å². The third-order valence-electron chi connectivity index (χ3n) is 16.9. The Morgan fingerprint density at radius 3 is 0.667 bits per heavy atom. The molecule has 0 atom stereocenters. The Morgan fingerprint density at radius 2 is 0.369 bits per heavy atom. The van der Waals surface area contributed by atoms with E-state index in [4.69, 9.17) is 0 Å². The predicted octanol–water partition coefficient (Wildman–Crippen LogP) is 23.0. The zero-order valence-corrected chi connectivity index (χ0v) is 46.0. The lowest BCUT2D eigenvalue weighted by Crippen LogP contribution is -2.12. The van der Waals surface area contributed by atoms with E-state index in [-0.39, 0.29) is 0 Å². The van der Waals surface area contributed by atoms with Crippen LogP contribution in [0.25, 0.3) is 75.8 Å². The van der Waals surface area contributed by atoms with Crippen molar-refractivity contribution in [1.29, 1.82) is 0 Å². The molecule has 0 N–H and O–H groups in total. The van der Waals surface area contributed by atoms with E-state index < -0.39 is 0 Å². The zero-order valence-electron chi connectivity index (χ0n) is 46.0. The largest absolute Gasteiger partial charge is 0.311 e. The van der Waals surface area contributed by atoms with Gasteiger partial charge < -0.3 is 19.6 Å². The Morgan fingerprint density at radius 1 is 0.143 bits per heavy atom. The van der Waals surface area contributed by atoms with Gasteiger partial charge in [-0.1, -0.05) is 194 Å². The fourth-order valence-electron chi connectivity index (χ4n) is 13.0. The Hall–Kier alpha value is -11.2. The number of benzene rings is 16. The Kier molecular flexibility index (Phi) is 11.8. The molecule has 0 saturated heterocycles. The zero-order chi connectivity index (χ0) is 55.5. The van der Waals surface area contributed by atoms with Crippen molar-refractivity contribution in [2.75, 3.05) is 19.6 Å². The molecule has 0 aliphatic heterocycles. The number of hydrogen-bond acceptors (Lipinski definition) is 4. The summed E-state index contributed by atoms with van der Waals surface area (Å²) in [6.07, 6.45) is 0.